The van der Waals surface area contributed by atoms with Crippen LogP contribution in [0.25, 0.3) is 0 Å². The Morgan fingerprint density at radius 1 is 1.50 bits per heavy atom. The second kappa shape index (κ2) is 5.81. The summed E-state index contributed by atoms with van der Waals surface area (Å²) in [7, 11) is 0. The van der Waals surface area contributed by atoms with Gasteiger partial charge in [-0.25, -0.2) is 0 Å². The van der Waals surface area contributed by atoms with Crippen molar-refractivity contribution < 1.29 is 0 Å². The van der Waals surface area contributed by atoms with E-state index in [1.807, 2.05) is 6.92 Å². The summed E-state index contributed by atoms with van der Waals surface area (Å²) in [5.41, 5.74) is 6.65. The molecule has 0 rings (SSSR count). The van der Waals surface area contributed by atoms with E-state index >= 15 is 0 Å². The van der Waals surface area contributed by atoms with Crippen molar-refractivity contribution >= 4 is 5.84 Å². The largest absolute Gasteiger partial charge is 0.388 e. The van der Waals surface area contributed by atoms with Crippen LogP contribution < -0.4 is 5.73 Å². The number of aliphatic imine (C=N–C) groups is 1. The molecule has 0 aliphatic heterocycles. The lowest BCUT2D eigenvalue weighted by molar-refractivity contribution is 0.586. The van der Waals surface area contributed by atoms with Crippen LogP contribution in [0.1, 0.15) is 33.6 Å². The molecule has 0 saturated heterocycles. The Kier molecular flexibility index (Phi) is 5.43. The molecule has 0 aliphatic carbocycles. The fraction of sp³-hybridized carbons (Fsp3) is 0.700. The third-order valence-electron chi connectivity index (χ3n) is 2.00. The van der Waals surface area contributed by atoms with Crippen molar-refractivity contribution in [3.05, 3.63) is 12.2 Å². The molecule has 0 bridgehead atoms. The molecule has 0 fully saturated rings. The Morgan fingerprint density at radius 3 is 2.50 bits per heavy atom. The molecule has 2 N–H and O–H groups in total. The summed E-state index contributed by atoms with van der Waals surface area (Å²) < 4.78 is 0. The fourth-order valence-electron chi connectivity index (χ4n) is 0.899. The highest BCUT2D eigenvalue weighted by molar-refractivity contribution is 5.77. The fourth-order valence-corrected chi connectivity index (χ4v) is 0.899. The highest BCUT2D eigenvalue weighted by atomic mass is 14.8. The number of hydrogen-bond donors (Lipinski definition) is 1. The zero-order valence-corrected chi connectivity index (χ0v) is 8.43. The van der Waals surface area contributed by atoms with E-state index in [2.05, 4.69) is 25.4 Å². The molecule has 0 aliphatic rings. The lowest BCUT2D eigenvalue weighted by Crippen LogP contribution is -2.06. The van der Waals surface area contributed by atoms with Gasteiger partial charge in [-0.3, -0.25) is 4.99 Å². The molecule has 2 heteroatoms. The van der Waals surface area contributed by atoms with Gasteiger partial charge in [0.05, 0.1) is 5.84 Å². The van der Waals surface area contributed by atoms with Crippen molar-refractivity contribution in [2.24, 2.45) is 16.6 Å². The van der Waals surface area contributed by atoms with Crippen molar-refractivity contribution in [3.63, 3.8) is 0 Å². The minimum Gasteiger partial charge on any atom is -0.388 e. The van der Waals surface area contributed by atoms with E-state index in [1.165, 1.54) is 5.57 Å². The van der Waals surface area contributed by atoms with Crippen LogP contribution in [-0.4, -0.2) is 12.4 Å². The van der Waals surface area contributed by atoms with Crippen molar-refractivity contribution in [2.45, 2.75) is 33.6 Å². The first-order chi connectivity index (χ1) is 5.54. The lowest BCUT2D eigenvalue weighted by atomic mass is 9.99. The summed E-state index contributed by atoms with van der Waals surface area (Å²) in [6, 6.07) is 0. The van der Waals surface area contributed by atoms with Crippen molar-refractivity contribution in [3.8, 4) is 0 Å². The molecule has 2 nitrogen and oxygen atoms in total. The van der Waals surface area contributed by atoms with E-state index in [1.54, 1.807) is 0 Å². The Morgan fingerprint density at radius 2 is 2.08 bits per heavy atom. The van der Waals surface area contributed by atoms with Gasteiger partial charge in [0.25, 0.3) is 0 Å². The van der Waals surface area contributed by atoms with Crippen molar-refractivity contribution in [2.75, 3.05) is 6.54 Å². The molecule has 0 aromatic carbocycles. The zero-order chi connectivity index (χ0) is 9.56. The number of nitrogens with two attached hydrogens (primary N) is 1. The predicted octanol–water partition coefficient (Wildman–Crippen LogP) is 2.36. The number of allylic oxidation sites excluding steroid dienone is 1. The first-order valence-electron chi connectivity index (χ1n) is 4.46. The van der Waals surface area contributed by atoms with E-state index in [0.717, 1.165) is 19.4 Å². The van der Waals surface area contributed by atoms with Crippen LogP contribution in [0.3, 0.4) is 0 Å². The van der Waals surface area contributed by atoms with Crippen LogP contribution in [0.2, 0.25) is 0 Å². The Bertz CT molecular complexity index is 167. The monoisotopic (exact) mass is 168 g/mol. The summed E-state index contributed by atoms with van der Waals surface area (Å²) in [6.45, 7) is 10.8. The van der Waals surface area contributed by atoms with E-state index in [4.69, 9.17) is 5.73 Å². The van der Waals surface area contributed by atoms with Crippen LogP contribution in [0.15, 0.2) is 17.1 Å². The molecule has 0 unspecified atom stereocenters. The van der Waals surface area contributed by atoms with E-state index in [0.29, 0.717) is 11.8 Å². The maximum Gasteiger partial charge on any atom is 0.0905 e. The third kappa shape index (κ3) is 5.96. The minimum absolute atomic E-state index is 0.610. The highest BCUT2D eigenvalue weighted by Gasteiger charge is 2.00. The van der Waals surface area contributed by atoms with Gasteiger partial charge in [-0.05, 0) is 32.6 Å². The molecule has 12 heavy (non-hydrogen) atoms. The molecule has 0 saturated carbocycles. The van der Waals surface area contributed by atoms with Gasteiger partial charge in [0, 0.05) is 6.54 Å². The van der Waals surface area contributed by atoms with Gasteiger partial charge in [-0.1, -0.05) is 19.1 Å². The molecule has 0 heterocycles. The molecule has 1 atom stereocenters. The first-order valence-corrected chi connectivity index (χ1v) is 4.46. The van der Waals surface area contributed by atoms with E-state index in [-0.39, 0.29) is 0 Å². The topological polar surface area (TPSA) is 38.4 Å². The molecule has 0 spiro atoms. The van der Waals surface area contributed by atoms with Gasteiger partial charge < -0.3 is 5.73 Å². The summed E-state index contributed by atoms with van der Waals surface area (Å²) >= 11 is 0. The molecule has 0 aromatic heterocycles. The quantitative estimate of drug-likeness (QED) is 0.291. The van der Waals surface area contributed by atoms with Crippen LogP contribution >= 0.6 is 0 Å². The second-order valence-corrected chi connectivity index (χ2v) is 3.41. The molecule has 0 amide bonds. The average molecular weight is 168 g/mol. The van der Waals surface area contributed by atoms with E-state index in [9.17, 15) is 0 Å². The Hall–Kier alpha value is -0.790. The molecular weight excluding hydrogens is 148 g/mol. The van der Waals surface area contributed by atoms with Gasteiger partial charge in [0.15, 0.2) is 0 Å². The van der Waals surface area contributed by atoms with Gasteiger partial charge >= 0.3 is 0 Å². The predicted molar refractivity (Wildman–Crippen MR) is 55.4 cm³/mol. The summed E-state index contributed by atoms with van der Waals surface area (Å²) in [4.78, 5) is 4.12. The molecule has 0 aromatic rings. The SMILES string of the molecule is C=C(C)[C@@H](C)CCCN=C(C)N. The third-order valence-corrected chi connectivity index (χ3v) is 2.00. The van der Waals surface area contributed by atoms with Gasteiger partial charge in [-0.15, -0.1) is 0 Å². The normalized spacial score (nSPS) is 14.4. The van der Waals surface area contributed by atoms with E-state index < -0.39 is 0 Å². The minimum atomic E-state index is 0.610. The average Bonchev–Trinajstić information content (AvgIpc) is 1.97. The number of rotatable bonds is 5. The number of amidine groups is 1. The second-order valence-electron chi connectivity index (χ2n) is 3.41. The van der Waals surface area contributed by atoms with Gasteiger partial charge in [0.1, 0.15) is 0 Å². The van der Waals surface area contributed by atoms with Crippen LogP contribution in [0.5, 0.6) is 0 Å². The van der Waals surface area contributed by atoms with Crippen molar-refractivity contribution in [1.29, 1.82) is 0 Å². The summed E-state index contributed by atoms with van der Waals surface area (Å²) in [5, 5.41) is 0. The summed E-state index contributed by atoms with van der Waals surface area (Å²) in [5.74, 6) is 1.29. The summed E-state index contributed by atoms with van der Waals surface area (Å²) in [6.07, 6.45) is 2.26. The lowest BCUT2D eigenvalue weighted by Gasteiger charge is -2.08. The van der Waals surface area contributed by atoms with Gasteiger partial charge in [-0.2, -0.15) is 0 Å². The maximum absolute atomic E-state index is 5.40. The maximum atomic E-state index is 5.40. The molecule has 70 valence electrons. The van der Waals surface area contributed by atoms with Crippen molar-refractivity contribution in [1.82, 2.24) is 0 Å². The van der Waals surface area contributed by atoms with Crippen LogP contribution in [0, 0.1) is 5.92 Å². The molecular formula is C10H20N2. The Balaban J connectivity index is 3.44. The van der Waals surface area contributed by atoms with Gasteiger partial charge in [0.2, 0.25) is 0 Å². The Labute approximate surface area is 75.6 Å². The first kappa shape index (κ1) is 11.2. The number of hydrogen-bond acceptors (Lipinski definition) is 1. The highest BCUT2D eigenvalue weighted by Crippen LogP contribution is 2.13. The molecule has 0 radical (unpaired) electrons. The smallest absolute Gasteiger partial charge is 0.0905 e. The van der Waals surface area contributed by atoms with Crippen LogP contribution in [-0.2, 0) is 0 Å². The number of nitrogens with zero attached hydrogens (tertiary/aromatic N) is 1. The van der Waals surface area contributed by atoms with Crippen LogP contribution in [0.4, 0.5) is 0 Å². The zero-order valence-electron chi connectivity index (χ0n) is 8.43. The standard InChI is InChI=1S/C10H20N2/c1-8(2)9(3)6-5-7-12-10(4)11/h9H,1,5-7H2,2-4H3,(H2,11,12)/t9-/m0/s1.